The Balaban J connectivity index is 2.13. The summed E-state index contributed by atoms with van der Waals surface area (Å²) in [6.45, 7) is 0. The summed E-state index contributed by atoms with van der Waals surface area (Å²) in [5, 5.41) is 19.8. The van der Waals surface area contributed by atoms with Crippen LogP contribution in [0.3, 0.4) is 0 Å². The largest absolute Gasteiger partial charge is 0.360 e. The topological polar surface area (TPSA) is 125 Å². The number of amides is 1. The van der Waals surface area contributed by atoms with E-state index in [1.807, 2.05) is 0 Å². The summed E-state index contributed by atoms with van der Waals surface area (Å²) in [6, 6.07) is 11.9. The SMILES string of the molecule is N#C/C(=C/Nc1ccc(S(N)(=O)=O)cc1)C(=O)Nc1cccc(Cl)c1Cl. The first-order chi connectivity index (χ1) is 12.2. The van der Waals surface area contributed by atoms with Crippen molar-refractivity contribution < 1.29 is 13.2 Å². The van der Waals surface area contributed by atoms with Crippen LogP contribution in [0.1, 0.15) is 0 Å². The molecule has 0 radical (unpaired) electrons. The van der Waals surface area contributed by atoms with Crippen LogP contribution in [-0.4, -0.2) is 14.3 Å². The molecule has 2 rings (SSSR count). The molecule has 0 saturated heterocycles. The number of benzene rings is 2. The van der Waals surface area contributed by atoms with Crippen LogP contribution in [0.5, 0.6) is 0 Å². The highest BCUT2D eigenvalue weighted by atomic mass is 35.5. The highest BCUT2D eigenvalue weighted by Gasteiger charge is 2.13. The fourth-order valence-electron chi connectivity index (χ4n) is 1.83. The number of halogens is 2. The molecular weight excluding hydrogens is 399 g/mol. The number of nitrogens with two attached hydrogens (primary N) is 1. The van der Waals surface area contributed by atoms with Crippen LogP contribution < -0.4 is 15.8 Å². The Morgan fingerprint density at radius 1 is 1.15 bits per heavy atom. The van der Waals surface area contributed by atoms with Crippen LogP contribution in [0.15, 0.2) is 59.1 Å². The van der Waals surface area contributed by atoms with Gasteiger partial charge in [-0.2, -0.15) is 5.26 Å². The van der Waals surface area contributed by atoms with Crippen molar-refractivity contribution in [3.05, 3.63) is 64.3 Å². The zero-order chi connectivity index (χ0) is 19.3. The van der Waals surface area contributed by atoms with Crippen molar-refractivity contribution in [1.82, 2.24) is 0 Å². The molecule has 0 spiro atoms. The van der Waals surface area contributed by atoms with Crippen molar-refractivity contribution >= 4 is 50.5 Å². The van der Waals surface area contributed by atoms with Gasteiger partial charge in [0.25, 0.3) is 5.91 Å². The molecule has 10 heteroatoms. The van der Waals surface area contributed by atoms with Crippen LogP contribution in [0, 0.1) is 11.3 Å². The number of primary sulfonamides is 1. The van der Waals surface area contributed by atoms with E-state index in [1.165, 1.54) is 30.5 Å². The summed E-state index contributed by atoms with van der Waals surface area (Å²) in [5.74, 6) is -0.690. The minimum Gasteiger partial charge on any atom is -0.360 e. The molecule has 26 heavy (non-hydrogen) atoms. The van der Waals surface area contributed by atoms with Crippen LogP contribution in [0.4, 0.5) is 11.4 Å². The second kappa shape index (κ2) is 8.21. The van der Waals surface area contributed by atoms with Crippen LogP contribution >= 0.6 is 23.2 Å². The lowest BCUT2D eigenvalue weighted by atomic mass is 10.2. The average molecular weight is 411 g/mol. The third-order valence-corrected chi connectivity index (χ3v) is 4.88. The van der Waals surface area contributed by atoms with E-state index in [0.29, 0.717) is 5.69 Å². The predicted molar refractivity (Wildman–Crippen MR) is 100 cm³/mol. The molecular formula is C16H12Cl2N4O3S. The van der Waals surface area contributed by atoms with E-state index in [9.17, 15) is 13.2 Å². The van der Waals surface area contributed by atoms with Gasteiger partial charge in [-0.1, -0.05) is 29.3 Å². The number of carbonyl (C=O) groups is 1. The molecule has 0 aliphatic carbocycles. The number of hydrogen-bond donors (Lipinski definition) is 3. The minimum atomic E-state index is -3.79. The number of nitrogens with one attached hydrogen (secondary N) is 2. The van der Waals surface area contributed by atoms with Gasteiger partial charge in [0.15, 0.2) is 0 Å². The Kier molecular flexibility index (Phi) is 6.23. The van der Waals surface area contributed by atoms with Crippen molar-refractivity contribution in [2.45, 2.75) is 4.90 Å². The highest BCUT2D eigenvalue weighted by Crippen LogP contribution is 2.29. The van der Waals surface area contributed by atoms with Crippen LogP contribution in [0.2, 0.25) is 10.0 Å². The van der Waals surface area contributed by atoms with Gasteiger partial charge in [-0.15, -0.1) is 0 Å². The van der Waals surface area contributed by atoms with E-state index < -0.39 is 15.9 Å². The van der Waals surface area contributed by atoms with Crippen molar-refractivity contribution in [2.75, 3.05) is 10.6 Å². The Bertz CT molecular complexity index is 1010. The number of rotatable bonds is 5. The maximum atomic E-state index is 12.2. The lowest BCUT2D eigenvalue weighted by Gasteiger charge is -2.08. The Morgan fingerprint density at radius 3 is 2.38 bits per heavy atom. The first-order valence-electron chi connectivity index (χ1n) is 6.97. The molecule has 0 aliphatic rings. The third-order valence-electron chi connectivity index (χ3n) is 3.13. The lowest BCUT2D eigenvalue weighted by molar-refractivity contribution is -0.112. The molecule has 0 atom stereocenters. The molecule has 7 nitrogen and oxygen atoms in total. The summed E-state index contributed by atoms with van der Waals surface area (Å²) in [7, 11) is -3.79. The van der Waals surface area contributed by atoms with E-state index in [0.717, 1.165) is 0 Å². The van der Waals surface area contributed by atoms with E-state index in [4.69, 9.17) is 33.6 Å². The van der Waals surface area contributed by atoms with Gasteiger partial charge in [0, 0.05) is 11.9 Å². The number of nitrogens with zero attached hydrogens (tertiary/aromatic N) is 1. The molecule has 0 aromatic heterocycles. The molecule has 0 saturated carbocycles. The van der Waals surface area contributed by atoms with Crippen molar-refractivity contribution in [3.8, 4) is 6.07 Å². The molecule has 0 fully saturated rings. The predicted octanol–water partition coefficient (Wildman–Crippen LogP) is 3.10. The van der Waals surface area contributed by atoms with E-state index in [1.54, 1.807) is 24.3 Å². The van der Waals surface area contributed by atoms with Gasteiger partial charge in [-0.05, 0) is 36.4 Å². The van der Waals surface area contributed by atoms with Crippen molar-refractivity contribution in [1.29, 1.82) is 5.26 Å². The number of anilines is 2. The Morgan fingerprint density at radius 2 is 1.81 bits per heavy atom. The summed E-state index contributed by atoms with van der Waals surface area (Å²) in [6.07, 6.45) is 1.18. The number of carbonyl (C=O) groups excluding carboxylic acids is 1. The van der Waals surface area contributed by atoms with Gasteiger partial charge in [-0.3, -0.25) is 4.79 Å². The number of nitriles is 1. The van der Waals surface area contributed by atoms with E-state index >= 15 is 0 Å². The molecule has 134 valence electrons. The molecule has 0 bridgehead atoms. The van der Waals surface area contributed by atoms with Gasteiger partial charge in [0.2, 0.25) is 10.0 Å². The summed E-state index contributed by atoms with van der Waals surface area (Å²) in [4.78, 5) is 12.1. The second-order valence-corrected chi connectivity index (χ2v) is 7.29. The fourth-order valence-corrected chi connectivity index (χ4v) is 2.70. The summed E-state index contributed by atoms with van der Waals surface area (Å²) < 4.78 is 22.4. The molecule has 0 unspecified atom stereocenters. The minimum absolute atomic E-state index is 0.0547. The number of hydrogen-bond acceptors (Lipinski definition) is 5. The molecule has 0 aliphatic heterocycles. The Labute approximate surface area is 160 Å². The zero-order valence-electron chi connectivity index (χ0n) is 13.0. The maximum absolute atomic E-state index is 12.2. The smallest absolute Gasteiger partial charge is 0.267 e. The van der Waals surface area contributed by atoms with Crippen LogP contribution in [0.25, 0.3) is 0 Å². The van der Waals surface area contributed by atoms with Gasteiger partial charge < -0.3 is 10.6 Å². The van der Waals surface area contributed by atoms with Crippen LogP contribution in [-0.2, 0) is 14.8 Å². The normalized spacial score (nSPS) is 11.5. The molecule has 0 heterocycles. The maximum Gasteiger partial charge on any atom is 0.267 e. The molecule has 2 aromatic carbocycles. The highest BCUT2D eigenvalue weighted by molar-refractivity contribution is 7.89. The summed E-state index contributed by atoms with van der Waals surface area (Å²) in [5.41, 5.74) is 0.498. The van der Waals surface area contributed by atoms with E-state index in [-0.39, 0.29) is 26.2 Å². The first kappa shape index (κ1) is 19.8. The number of sulfonamides is 1. The molecule has 4 N–H and O–H groups in total. The van der Waals surface area contributed by atoms with Crippen molar-refractivity contribution in [3.63, 3.8) is 0 Å². The third kappa shape index (κ3) is 4.97. The Hall–Kier alpha value is -2.57. The molecule has 2 aromatic rings. The first-order valence-corrected chi connectivity index (χ1v) is 9.27. The zero-order valence-corrected chi connectivity index (χ0v) is 15.4. The summed E-state index contributed by atoms with van der Waals surface area (Å²) >= 11 is 11.9. The second-order valence-electron chi connectivity index (χ2n) is 4.94. The van der Waals surface area contributed by atoms with Gasteiger partial charge >= 0.3 is 0 Å². The van der Waals surface area contributed by atoms with Gasteiger partial charge in [-0.25, -0.2) is 13.6 Å². The van der Waals surface area contributed by atoms with Gasteiger partial charge in [0.1, 0.15) is 11.6 Å². The lowest BCUT2D eigenvalue weighted by Crippen LogP contribution is -2.15. The monoisotopic (exact) mass is 410 g/mol. The van der Waals surface area contributed by atoms with Crippen molar-refractivity contribution in [2.24, 2.45) is 5.14 Å². The van der Waals surface area contributed by atoms with Gasteiger partial charge in [0.05, 0.1) is 20.6 Å². The quantitative estimate of drug-likeness (QED) is 0.515. The fraction of sp³-hybridized carbons (Fsp3) is 0. The van der Waals surface area contributed by atoms with E-state index in [2.05, 4.69) is 10.6 Å². The standard InChI is InChI=1S/C16H12Cl2N4O3S/c17-13-2-1-3-14(15(13)18)22-16(23)10(8-19)9-21-11-4-6-12(7-5-11)26(20,24)25/h1-7,9,21H,(H,22,23)(H2,20,24,25)/b10-9-. The molecule has 1 amide bonds. The average Bonchev–Trinajstić information content (AvgIpc) is 2.59.